The van der Waals surface area contributed by atoms with Crippen LogP contribution >= 0.6 is 11.8 Å². The molecule has 1 saturated heterocycles. The summed E-state index contributed by atoms with van der Waals surface area (Å²) in [4.78, 5) is 2.79. The minimum absolute atomic E-state index is 0.591. The Hall–Kier alpha value is 0.270. The van der Waals surface area contributed by atoms with Gasteiger partial charge in [-0.3, -0.25) is 0 Å². The zero-order valence-corrected chi connectivity index (χ0v) is 13.9. The lowest BCUT2D eigenvalue weighted by Gasteiger charge is -2.38. The third kappa shape index (κ3) is 4.64. The van der Waals surface area contributed by atoms with Gasteiger partial charge in [0.05, 0.1) is 0 Å². The summed E-state index contributed by atoms with van der Waals surface area (Å²) in [6, 6.07) is 0.870. The molecule has 3 aliphatic rings. The third-order valence-corrected chi connectivity index (χ3v) is 6.43. The first kappa shape index (κ1) is 15.2. The summed E-state index contributed by atoms with van der Waals surface area (Å²) >= 11 is 2.16. The molecule has 0 radical (unpaired) electrons. The number of rotatable bonds is 5. The Labute approximate surface area is 129 Å². The second-order valence-electron chi connectivity index (χ2n) is 7.31. The van der Waals surface area contributed by atoms with E-state index in [0.717, 1.165) is 6.04 Å². The Morgan fingerprint density at radius 2 is 1.75 bits per heavy atom. The quantitative estimate of drug-likeness (QED) is 0.782. The minimum Gasteiger partial charge on any atom is -0.313 e. The highest BCUT2D eigenvalue weighted by Crippen LogP contribution is 2.36. The van der Waals surface area contributed by atoms with E-state index in [4.69, 9.17) is 0 Å². The maximum Gasteiger partial charge on any atom is 0.00726 e. The summed E-state index contributed by atoms with van der Waals surface area (Å²) in [5, 5.41) is 3.87. The van der Waals surface area contributed by atoms with Gasteiger partial charge in [-0.15, -0.1) is 0 Å². The first-order valence-electron chi connectivity index (χ1n) is 8.90. The van der Waals surface area contributed by atoms with Gasteiger partial charge in [0, 0.05) is 31.4 Å². The van der Waals surface area contributed by atoms with Crippen LogP contribution in [0.1, 0.15) is 57.8 Å². The predicted octanol–water partition coefficient (Wildman–Crippen LogP) is 3.52. The van der Waals surface area contributed by atoms with Crippen molar-refractivity contribution in [3.8, 4) is 0 Å². The molecule has 0 spiro atoms. The molecule has 0 atom stereocenters. The predicted molar refractivity (Wildman–Crippen MR) is 89.5 cm³/mol. The summed E-state index contributed by atoms with van der Waals surface area (Å²) in [6.07, 6.45) is 13.1. The van der Waals surface area contributed by atoms with Gasteiger partial charge in [0.25, 0.3) is 0 Å². The number of hydrogen-bond acceptors (Lipinski definition) is 3. The molecule has 20 heavy (non-hydrogen) atoms. The lowest BCUT2D eigenvalue weighted by atomic mass is 9.79. The molecule has 0 aromatic heterocycles. The summed E-state index contributed by atoms with van der Waals surface area (Å²) in [5.74, 6) is 2.73. The summed E-state index contributed by atoms with van der Waals surface area (Å²) < 4.78 is 0. The molecule has 3 rings (SSSR count). The molecule has 3 fully saturated rings. The fourth-order valence-electron chi connectivity index (χ4n) is 3.95. The molecule has 0 unspecified atom stereocenters. The number of hydrogen-bond donors (Lipinski definition) is 1. The van der Waals surface area contributed by atoms with Crippen molar-refractivity contribution in [1.29, 1.82) is 0 Å². The molecule has 116 valence electrons. The first-order chi connectivity index (χ1) is 9.86. The van der Waals surface area contributed by atoms with Crippen LogP contribution in [-0.4, -0.2) is 48.6 Å². The van der Waals surface area contributed by atoms with Gasteiger partial charge >= 0.3 is 0 Å². The van der Waals surface area contributed by atoms with Crippen molar-refractivity contribution in [2.24, 2.45) is 5.41 Å². The van der Waals surface area contributed by atoms with Crippen LogP contribution in [0.15, 0.2) is 0 Å². The van der Waals surface area contributed by atoms with E-state index >= 15 is 0 Å². The monoisotopic (exact) mass is 296 g/mol. The average Bonchev–Trinajstić information content (AvgIpc) is 3.28. The Kier molecular flexibility index (Phi) is 5.70. The van der Waals surface area contributed by atoms with E-state index in [0.29, 0.717) is 5.41 Å². The molecule has 0 bridgehead atoms. The third-order valence-electron chi connectivity index (χ3n) is 5.38. The van der Waals surface area contributed by atoms with E-state index in [9.17, 15) is 0 Å². The van der Waals surface area contributed by atoms with Crippen LogP contribution in [0.5, 0.6) is 0 Å². The molecule has 2 saturated carbocycles. The van der Waals surface area contributed by atoms with Crippen LogP contribution in [-0.2, 0) is 0 Å². The molecule has 1 aliphatic heterocycles. The van der Waals surface area contributed by atoms with Gasteiger partial charge in [-0.1, -0.05) is 25.7 Å². The highest BCUT2D eigenvalue weighted by Gasteiger charge is 2.34. The van der Waals surface area contributed by atoms with Gasteiger partial charge in [0.15, 0.2) is 0 Å². The summed E-state index contributed by atoms with van der Waals surface area (Å²) in [7, 11) is 0. The topological polar surface area (TPSA) is 15.3 Å². The maximum absolute atomic E-state index is 3.87. The molecular weight excluding hydrogens is 264 g/mol. The number of nitrogens with one attached hydrogen (secondary N) is 1. The average molecular weight is 297 g/mol. The van der Waals surface area contributed by atoms with Crippen molar-refractivity contribution in [1.82, 2.24) is 10.2 Å². The van der Waals surface area contributed by atoms with Crippen LogP contribution < -0.4 is 5.32 Å². The summed E-state index contributed by atoms with van der Waals surface area (Å²) in [5.41, 5.74) is 0.591. The van der Waals surface area contributed by atoms with E-state index < -0.39 is 0 Å². The maximum atomic E-state index is 3.87. The lowest BCUT2D eigenvalue weighted by molar-refractivity contribution is 0.132. The van der Waals surface area contributed by atoms with E-state index in [2.05, 4.69) is 22.0 Å². The van der Waals surface area contributed by atoms with Crippen molar-refractivity contribution in [2.45, 2.75) is 63.8 Å². The second kappa shape index (κ2) is 7.51. The van der Waals surface area contributed by atoms with E-state index in [-0.39, 0.29) is 0 Å². The molecule has 1 N–H and O–H groups in total. The Balaban J connectivity index is 1.59. The van der Waals surface area contributed by atoms with Gasteiger partial charge in [0.1, 0.15) is 0 Å². The molecule has 1 heterocycles. The van der Waals surface area contributed by atoms with E-state index in [1.807, 2.05) is 0 Å². The zero-order chi connectivity index (χ0) is 13.7. The molecule has 3 heteroatoms. The molecular formula is C17H32N2S. The van der Waals surface area contributed by atoms with Crippen molar-refractivity contribution >= 4 is 11.8 Å². The second-order valence-corrected chi connectivity index (χ2v) is 8.54. The van der Waals surface area contributed by atoms with Gasteiger partial charge in [-0.25, -0.2) is 0 Å². The van der Waals surface area contributed by atoms with E-state index in [1.54, 1.807) is 0 Å². The normalized spacial score (nSPS) is 28.8. The standard InChI is InChI=1S/C17H32N2S/c1-2-4-9-17(8-3-1,14-18-16-6-7-16)15-19-10-5-12-20-13-11-19/h16,18H,1-15H2. The van der Waals surface area contributed by atoms with Crippen LogP contribution in [0.25, 0.3) is 0 Å². The van der Waals surface area contributed by atoms with Gasteiger partial charge in [-0.05, 0) is 49.8 Å². The van der Waals surface area contributed by atoms with Crippen LogP contribution in [0.3, 0.4) is 0 Å². The van der Waals surface area contributed by atoms with Crippen molar-refractivity contribution < 1.29 is 0 Å². The van der Waals surface area contributed by atoms with Gasteiger partial charge in [-0.2, -0.15) is 11.8 Å². The fourth-order valence-corrected chi connectivity index (χ4v) is 4.87. The molecule has 2 aliphatic carbocycles. The SMILES string of the molecule is C1CCCC(CNC2CC2)(CN2CCCSCC2)CC1. The van der Waals surface area contributed by atoms with Crippen molar-refractivity contribution in [3.05, 3.63) is 0 Å². The smallest absolute Gasteiger partial charge is 0.00726 e. The Morgan fingerprint density at radius 1 is 0.950 bits per heavy atom. The largest absolute Gasteiger partial charge is 0.313 e. The minimum atomic E-state index is 0.591. The Bertz CT molecular complexity index is 275. The van der Waals surface area contributed by atoms with Crippen LogP contribution in [0.4, 0.5) is 0 Å². The molecule has 0 amide bonds. The highest BCUT2D eigenvalue weighted by molar-refractivity contribution is 7.99. The van der Waals surface area contributed by atoms with Crippen LogP contribution in [0, 0.1) is 5.41 Å². The zero-order valence-electron chi connectivity index (χ0n) is 13.0. The van der Waals surface area contributed by atoms with Gasteiger partial charge in [0.2, 0.25) is 0 Å². The Morgan fingerprint density at radius 3 is 2.50 bits per heavy atom. The van der Waals surface area contributed by atoms with Crippen molar-refractivity contribution in [3.63, 3.8) is 0 Å². The number of thioether (sulfide) groups is 1. The van der Waals surface area contributed by atoms with Crippen molar-refractivity contribution in [2.75, 3.05) is 37.7 Å². The van der Waals surface area contributed by atoms with E-state index in [1.165, 1.54) is 95.5 Å². The summed E-state index contributed by atoms with van der Waals surface area (Å²) in [6.45, 7) is 5.34. The molecule has 2 nitrogen and oxygen atoms in total. The highest BCUT2D eigenvalue weighted by atomic mass is 32.2. The number of nitrogens with zero attached hydrogens (tertiary/aromatic N) is 1. The van der Waals surface area contributed by atoms with Crippen LogP contribution in [0.2, 0.25) is 0 Å². The first-order valence-corrected chi connectivity index (χ1v) is 10.1. The molecule has 0 aromatic carbocycles. The fraction of sp³-hybridized carbons (Fsp3) is 1.00. The lowest BCUT2D eigenvalue weighted by Crippen LogP contribution is -2.45. The molecule has 0 aromatic rings. The van der Waals surface area contributed by atoms with Gasteiger partial charge < -0.3 is 10.2 Å².